The van der Waals surface area contributed by atoms with Crippen molar-refractivity contribution in [3.05, 3.63) is 47.5 Å². The van der Waals surface area contributed by atoms with E-state index in [9.17, 15) is 9.90 Å². The normalized spacial score (nSPS) is 12.4. The maximum atomic E-state index is 12.5. The maximum Gasteiger partial charge on any atom is 0.250 e. The minimum absolute atomic E-state index is 0.139. The number of anilines is 2. The van der Waals surface area contributed by atoms with Crippen LogP contribution >= 0.6 is 0 Å². The van der Waals surface area contributed by atoms with Crippen LogP contribution in [0, 0.1) is 6.92 Å². The van der Waals surface area contributed by atoms with Crippen LogP contribution in [0.5, 0.6) is 17.2 Å². The van der Waals surface area contributed by atoms with E-state index in [0.29, 0.717) is 22.9 Å². The number of hydrogen-bond donors (Lipinski definition) is 3. The fraction of sp³-hybridized carbons (Fsp3) is 0.167. The highest BCUT2D eigenvalue weighted by Gasteiger charge is 2.20. The zero-order valence-corrected chi connectivity index (χ0v) is 13.9. The second-order valence-electron chi connectivity index (χ2n) is 5.64. The fourth-order valence-corrected chi connectivity index (χ4v) is 2.50. The summed E-state index contributed by atoms with van der Waals surface area (Å²) in [4.78, 5) is 13.9. The van der Waals surface area contributed by atoms with Crippen molar-refractivity contribution in [2.24, 2.45) is 5.84 Å². The summed E-state index contributed by atoms with van der Waals surface area (Å²) in [7, 11) is 1.65. The van der Waals surface area contributed by atoms with Gasteiger partial charge in [-0.3, -0.25) is 10.6 Å². The second kappa shape index (κ2) is 6.74. The lowest BCUT2D eigenvalue weighted by Gasteiger charge is -2.19. The molecule has 0 saturated heterocycles. The number of likely N-dealkylation sites (N-methyl/N-ethyl adjacent to an activating group) is 1. The average Bonchev–Trinajstić information content (AvgIpc) is 3.08. The molecular formula is C18H19N3O4. The molecule has 3 rings (SSSR count). The van der Waals surface area contributed by atoms with Crippen molar-refractivity contribution < 1.29 is 19.4 Å². The molecule has 1 aliphatic rings. The highest BCUT2D eigenvalue weighted by Crippen LogP contribution is 2.40. The number of phenols is 1. The van der Waals surface area contributed by atoms with Gasteiger partial charge < -0.3 is 24.9 Å². The monoisotopic (exact) mass is 341 g/mol. The lowest BCUT2D eigenvalue weighted by Crippen LogP contribution is -2.25. The number of nitrogens with one attached hydrogen (secondary N) is 1. The van der Waals surface area contributed by atoms with Crippen molar-refractivity contribution >= 4 is 23.4 Å². The first-order chi connectivity index (χ1) is 12.0. The molecule has 1 aliphatic heterocycles. The van der Waals surface area contributed by atoms with Crippen LogP contribution < -0.4 is 25.6 Å². The molecule has 0 atom stereocenters. The number of fused-ring (bicyclic) bond motifs is 1. The van der Waals surface area contributed by atoms with E-state index < -0.39 is 0 Å². The highest BCUT2D eigenvalue weighted by molar-refractivity contribution is 6.05. The molecule has 1 heterocycles. The number of nitrogens with zero attached hydrogens (tertiary/aromatic N) is 1. The van der Waals surface area contributed by atoms with Crippen molar-refractivity contribution in [1.82, 2.24) is 0 Å². The van der Waals surface area contributed by atoms with E-state index in [0.717, 1.165) is 11.1 Å². The molecule has 0 aromatic heterocycles. The smallest absolute Gasteiger partial charge is 0.250 e. The maximum absolute atomic E-state index is 12.5. The van der Waals surface area contributed by atoms with E-state index in [1.54, 1.807) is 50.4 Å². The Morgan fingerprint density at radius 3 is 2.68 bits per heavy atom. The third kappa shape index (κ3) is 3.36. The second-order valence-corrected chi connectivity index (χ2v) is 5.64. The van der Waals surface area contributed by atoms with Crippen LogP contribution in [0.25, 0.3) is 6.08 Å². The van der Waals surface area contributed by atoms with Crippen LogP contribution in [0.2, 0.25) is 0 Å². The number of aromatic hydroxyl groups is 1. The third-order valence-electron chi connectivity index (χ3n) is 3.98. The van der Waals surface area contributed by atoms with Gasteiger partial charge in [0.05, 0.1) is 11.4 Å². The summed E-state index contributed by atoms with van der Waals surface area (Å²) in [5.74, 6) is 6.68. The molecule has 0 fully saturated rings. The molecule has 130 valence electrons. The number of carbonyl (C=O) groups is 1. The lowest BCUT2D eigenvalue weighted by molar-refractivity contribution is -0.113. The number of hydrogen-bond acceptors (Lipinski definition) is 6. The summed E-state index contributed by atoms with van der Waals surface area (Å²) < 4.78 is 10.7. The summed E-state index contributed by atoms with van der Waals surface area (Å²) in [6.45, 7) is 1.94. The lowest BCUT2D eigenvalue weighted by atomic mass is 10.1. The zero-order valence-electron chi connectivity index (χ0n) is 13.9. The van der Waals surface area contributed by atoms with E-state index >= 15 is 0 Å². The summed E-state index contributed by atoms with van der Waals surface area (Å²) in [5, 5.41) is 9.55. The van der Waals surface area contributed by atoms with E-state index in [2.05, 4.69) is 5.43 Å². The van der Waals surface area contributed by atoms with Crippen LogP contribution in [0.1, 0.15) is 11.1 Å². The van der Waals surface area contributed by atoms with Crippen molar-refractivity contribution in [2.45, 2.75) is 6.92 Å². The van der Waals surface area contributed by atoms with Gasteiger partial charge in [-0.05, 0) is 36.3 Å². The first-order valence-corrected chi connectivity index (χ1v) is 7.65. The molecule has 0 unspecified atom stereocenters. The Kier molecular flexibility index (Phi) is 4.49. The van der Waals surface area contributed by atoms with E-state index in [4.69, 9.17) is 15.3 Å². The Balaban J connectivity index is 1.82. The minimum atomic E-state index is -0.235. The molecule has 7 nitrogen and oxygen atoms in total. The molecule has 0 aliphatic carbocycles. The van der Waals surface area contributed by atoms with Crippen molar-refractivity contribution in [2.75, 3.05) is 24.2 Å². The Hall–Kier alpha value is -3.19. The standard InChI is InChI=1S/C18H19N3O4/c1-11-7-12(3-5-15(11)22)4-6-18(23)21(2)14-9-17-16(24-10-25-17)8-13(14)20-19/h3-9,20,22H,10,19H2,1-2H3. The molecule has 0 spiro atoms. The number of rotatable bonds is 4. The number of hydrazine groups is 1. The number of ether oxygens (including phenoxy) is 2. The highest BCUT2D eigenvalue weighted by atomic mass is 16.7. The van der Waals surface area contributed by atoms with Crippen LogP contribution in [0.3, 0.4) is 0 Å². The third-order valence-corrected chi connectivity index (χ3v) is 3.98. The van der Waals surface area contributed by atoms with E-state index in [1.807, 2.05) is 0 Å². The molecular weight excluding hydrogens is 322 g/mol. The number of nitrogens with two attached hydrogens (primary N) is 1. The molecule has 25 heavy (non-hydrogen) atoms. The molecule has 2 aromatic carbocycles. The molecule has 0 saturated carbocycles. The Labute approximate surface area is 145 Å². The Morgan fingerprint density at radius 2 is 2.00 bits per heavy atom. The predicted molar refractivity (Wildman–Crippen MR) is 95.7 cm³/mol. The van der Waals surface area contributed by atoms with Gasteiger partial charge in [0, 0.05) is 25.3 Å². The number of benzene rings is 2. The van der Waals surface area contributed by atoms with Crippen LogP contribution in [-0.4, -0.2) is 24.9 Å². The molecule has 2 aromatic rings. The summed E-state index contributed by atoms with van der Waals surface area (Å²) in [6, 6.07) is 8.52. The van der Waals surface area contributed by atoms with E-state index in [1.165, 1.54) is 11.0 Å². The van der Waals surface area contributed by atoms with Crippen molar-refractivity contribution in [1.29, 1.82) is 0 Å². The van der Waals surface area contributed by atoms with Gasteiger partial charge >= 0.3 is 0 Å². The van der Waals surface area contributed by atoms with Gasteiger partial charge in [-0.15, -0.1) is 0 Å². The van der Waals surface area contributed by atoms with Gasteiger partial charge in [0.1, 0.15) is 5.75 Å². The average molecular weight is 341 g/mol. The van der Waals surface area contributed by atoms with E-state index in [-0.39, 0.29) is 18.4 Å². The quantitative estimate of drug-likeness (QED) is 0.449. The summed E-state index contributed by atoms with van der Waals surface area (Å²) in [6.07, 6.45) is 3.14. The SMILES string of the molecule is Cc1cc(C=CC(=O)N(C)c2cc3c(cc2NN)OCO3)ccc1O. The van der Waals surface area contributed by atoms with Crippen LogP contribution in [0.4, 0.5) is 11.4 Å². The number of phenolic OH excluding ortho intramolecular Hbond substituents is 1. The van der Waals surface area contributed by atoms with Gasteiger partial charge in [0.25, 0.3) is 5.91 Å². The van der Waals surface area contributed by atoms with Gasteiger partial charge in [-0.2, -0.15) is 0 Å². The minimum Gasteiger partial charge on any atom is -0.508 e. The van der Waals surface area contributed by atoms with Crippen LogP contribution in [0.15, 0.2) is 36.4 Å². The van der Waals surface area contributed by atoms with Gasteiger partial charge in [-0.1, -0.05) is 6.07 Å². The zero-order chi connectivity index (χ0) is 18.0. The molecule has 4 N–H and O–H groups in total. The fourth-order valence-electron chi connectivity index (χ4n) is 2.50. The van der Waals surface area contributed by atoms with Gasteiger partial charge in [-0.25, -0.2) is 0 Å². The number of carbonyl (C=O) groups excluding carboxylic acids is 1. The molecule has 0 radical (unpaired) electrons. The first-order valence-electron chi connectivity index (χ1n) is 7.65. The predicted octanol–water partition coefficient (Wildman–Crippen LogP) is 2.39. The first kappa shape index (κ1) is 16.7. The molecule has 0 bridgehead atoms. The molecule has 1 amide bonds. The van der Waals surface area contributed by atoms with Crippen LogP contribution in [-0.2, 0) is 4.79 Å². The Bertz CT molecular complexity index is 848. The number of aryl methyl sites for hydroxylation is 1. The largest absolute Gasteiger partial charge is 0.508 e. The van der Waals surface area contributed by atoms with Crippen molar-refractivity contribution in [3.63, 3.8) is 0 Å². The van der Waals surface area contributed by atoms with Gasteiger partial charge in [0.15, 0.2) is 11.5 Å². The van der Waals surface area contributed by atoms with Crippen molar-refractivity contribution in [3.8, 4) is 17.2 Å². The molecule has 7 heteroatoms. The number of amides is 1. The van der Waals surface area contributed by atoms with Gasteiger partial charge in [0.2, 0.25) is 6.79 Å². The Morgan fingerprint density at radius 1 is 1.28 bits per heavy atom. The topological polar surface area (TPSA) is 97.1 Å². The number of nitrogen functional groups attached to an aromatic ring is 1. The summed E-state index contributed by atoms with van der Waals surface area (Å²) in [5.41, 5.74) is 5.25. The summed E-state index contributed by atoms with van der Waals surface area (Å²) >= 11 is 0.